The number of aromatic nitrogens is 4. The van der Waals surface area contributed by atoms with E-state index in [-0.39, 0.29) is 35.7 Å². The number of amides is 1. The Labute approximate surface area is 196 Å². The van der Waals surface area contributed by atoms with Crippen LogP contribution < -0.4 is 10.1 Å². The number of nitrogens with zero attached hydrogens (tertiary/aromatic N) is 4. The summed E-state index contributed by atoms with van der Waals surface area (Å²) in [5.41, 5.74) is 0.538. The fourth-order valence-electron chi connectivity index (χ4n) is 2.42. The Morgan fingerprint density at radius 3 is 2.91 bits per heavy atom. The molecule has 0 aliphatic rings. The van der Waals surface area contributed by atoms with Gasteiger partial charge in [-0.25, -0.2) is 9.37 Å². The summed E-state index contributed by atoms with van der Waals surface area (Å²) < 4.78 is 25.3. The van der Waals surface area contributed by atoms with E-state index < -0.39 is 5.82 Å². The smallest absolute Gasteiger partial charge is 0.311 e. The van der Waals surface area contributed by atoms with Crippen LogP contribution in [-0.4, -0.2) is 44.0 Å². The Balaban J connectivity index is 1.48. The molecule has 13 heteroatoms. The SMILES string of the molecule is CCOC(=O)Cc1csc(NC(=O)CSc2nnc(COc3ccc(F)cc3Cl)n2C)n1. The van der Waals surface area contributed by atoms with Gasteiger partial charge in [-0.3, -0.25) is 9.59 Å². The van der Waals surface area contributed by atoms with Crippen molar-refractivity contribution in [1.29, 1.82) is 0 Å². The van der Waals surface area contributed by atoms with Crippen LogP contribution in [0.3, 0.4) is 0 Å². The Bertz CT molecular complexity index is 1110. The van der Waals surface area contributed by atoms with E-state index in [0.29, 0.717) is 34.2 Å². The summed E-state index contributed by atoms with van der Waals surface area (Å²) in [6.45, 7) is 2.11. The van der Waals surface area contributed by atoms with Crippen LogP contribution in [0.4, 0.5) is 9.52 Å². The van der Waals surface area contributed by atoms with Crippen molar-refractivity contribution in [3.8, 4) is 5.75 Å². The number of thiazole rings is 1. The fraction of sp³-hybridized carbons (Fsp3) is 0.316. The lowest BCUT2D eigenvalue weighted by Gasteiger charge is -2.08. The molecule has 0 spiro atoms. The third-order valence-corrected chi connectivity index (χ3v) is 6.06. The molecule has 0 saturated heterocycles. The third-order valence-electron chi connectivity index (χ3n) is 3.94. The molecular formula is C19H19ClFN5O4S2. The first-order valence-corrected chi connectivity index (χ1v) is 11.6. The van der Waals surface area contributed by atoms with Crippen molar-refractivity contribution in [1.82, 2.24) is 19.7 Å². The van der Waals surface area contributed by atoms with Crippen LogP contribution in [0.25, 0.3) is 0 Å². The van der Waals surface area contributed by atoms with E-state index in [2.05, 4.69) is 20.5 Å². The molecule has 0 atom stereocenters. The average Bonchev–Trinajstić information content (AvgIpc) is 3.32. The zero-order valence-corrected chi connectivity index (χ0v) is 19.5. The molecule has 1 aromatic carbocycles. The van der Waals surface area contributed by atoms with Gasteiger partial charge in [0.25, 0.3) is 0 Å². The summed E-state index contributed by atoms with van der Waals surface area (Å²) in [4.78, 5) is 27.9. The lowest BCUT2D eigenvalue weighted by molar-refractivity contribution is -0.142. The van der Waals surface area contributed by atoms with Crippen LogP contribution in [-0.2, 0) is 34.4 Å². The van der Waals surface area contributed by atoms with Gasteiger partial charge in [0.1, 0.15) is 18.2 Å². The minimum absolute atomic E-state index is 0.0574. The second-order valence-electron chi connectivity index (χ2n) is 6.28. The van der Waals surface area contributed by atoms with E-state index in [9.17, 15) is 14.0 Å². The highest BCUT2D eigenvalue weighted by Gasteiger charge is 2.14. The van der Waals surface area contributed by atoms with E-state index in [1.54, 1.807) is 23.9 Å². The highest BCUT2D eigenvalue weighted by molar-refractivity contribution is 7.99. The average molecular weight is 500 g/mol. The number of anilines is 1. The predicted octanol–water partition coefficient (Wildman–Crippen LogP) is 3.48. The standard InChI is InChI=1S/C19H19ClFN5O4S2/c1-3-29-17(28)7-12-9-31-18(22-12)23-16(27)10-32-19-25-24-15(26(19)2)8-30-14-5-4-11(21)6-13(14)20/h4-6,9H,3,7-8,10H2,1-2H3,(H,22,23,27). The zero-order valence-electron chi connectivity index (χ0n) is 17.1. The molecule has 170 valence electrons. The highest BCUT2D eigenvalue weighted by atomic mass is 35.5. The maximum atomic E-state index is 13.1. The first-order chi connectivity index (χ1) is 15.4. The molecule has 0 radical (unpaired) electrons. The zero-order chi connectivity index (χ0) is 23.1. The van der Waals surface area contributed by atoms with Gasteiger partial charge < -0.3 is 19.4 Å². The predicted molar refractivity (Wildman–Crippen MR) is 119 cm³/mol. The Hall–Kier alpha value is -2.70. The lowest BCUT2D eigenvalue weighted by atomic mass is 10.3. The van der Waals surface area contributed by atoms with Gasteiger partial charge in [0.15, 0.2) is 16.1 Å². The molecular weight excluding hydrogens is 481 g/mol. The molecule has 9 nitrogen and oxygen atoms in total. The second kappa shape index (κ2) is 11.2. The second-order valence-corrected chi connectivity index (χ2v) is 8.49. The molecule has 3 aromatic rings. The Kier molecular flexibility index (Phi) is 8.42. The van der Waals surface area contributed by atoms with Gasteiger partial charge in [-0.05, 0) is 25.1 Å². The van der Waals surface area contributed by atoms with Crippen molar-refractivity contribution in [2.24, 2.45) is 7.05 Å². The van der Waals surface area contributed by atoms with Crippen molar-refractivity contribution in [2.75, 3.05) is 17.7 Å². The molecule has 0 fully saturated rings. The number of nitrogens with one attached hydrogen (secondary N) is 1. The summed E-state index contributed by atoms with van der Waals surface area (Å²) in [7, 11) is 1.74. The maximum Gasteiger partial charge on any atom is 0.311 e. The number of ether oxygens (including phenoxy) is 2. The van der Waals surface area contributed by atoms with Gasteiger partial charge in [-0.15, -0.1) is 21.5 Å². The molecule has 2 aromatic heterocycles. The molecule has 0 saturated carbocycles. The molecule has 3 rings (SSSR count). The van der Waals surface area contributed by atoms with Crippen LogP contribution >= 0.6 is 34.7 Å². The molecule has 0 bridgehead atoms. The fourth-order valence-corrected chi connectivity index (χ4v) is 4.10. The number of thioether (sulfide) groups is 1. The maximum absolute atomic E-state index is 13.1. The first kappa shape index (κ1) is 24.0. The topological polar surface area (TPSA) is 108 Å². The first-order valence-electron chi connectivity index (χ1n) is 9.34. The normalized spacial score (nSPS) is 10.8. The van der Waals surface area contributed by atoms with Crippen molar-refractivity contribution in [2.45, 2.75) is 25.1 Å². The van der Waals surface area contributed by atoms with Gasteiger partial charge in [0, 0.05) is 12.4 Å². The molecule has 0 unspecified atom stereocenters. The number of hydrogen-bond acceptors (Lipinski definition) is 9. The molecule has 2 heterocycles. The number of halogens is 2. The van der Waals surface area contributed by atoms with Gasteiger partial charge >= 0.3 is 5.97 Å². The van der Waals surface area contributed by atoms with Crippen LogP contribution in [0, 0.1) is 5.82 Å². The summed E-state index contributed by atoms with van der Waals surface area (Å²) in [6, 6.07) is 3.85. The summed E-state index contributed by atoms with van der Waals surface area (Å²) >= 11 is 8.37. The van der Waals surface area contributed by atoms with Crippen molar-refractivity contribution in [3.05, 3.63) is 45.9 Å². The Morgan fingerprint density at radius 1 is 1.34 bits per heavy atom. The van der Waals surface area contributed by atoms with E-state index in [1.807, 2.05) is 0 Å². The summed E-state index contributed by atoms with van der Waals surface area (Å²) in [5.74, 6) is -0.164. The van der Waals surface area contributed by atoms with E-state index >= 15 is 0 Å². The number of rotatable bonds is 10. The number of carbonyl (C=O) groups excluding carboxylic acids is 2. The summed E-state index contributed by atoms with van der Waals surface area (Å²) in [6.07, 6.45) is 0.0574. The Morgan fingerprint density at radius 2 is 2.16 bits per heavy atom. The number of benzene rings is 1. The number of hydrogen-bond donors (Lipinski definition) is 1. The molecule has 32 heavy (non-hydrogen) atoms. The molecule has 0 aliphatic heterocycles. The molecule has 1 amide bonds. The van der Waals surface area contributed by atoms with Gasteiger partial charge in [0.2, 0.25) is 5.91 Å². The van der Waals surface area contributed by atoms with Crippen LogP contribution in [0.1, 0.15) is 18.4 Å². The van der Waals surface area contributed by atoms with Crippen LogP contribution in [0.15, 0.2) is 28.7 Å². The lowest BCUT2D eigenvalue weighted by Crippen LogP contribution is -2.15. The monoisotopic (exact) mass is 499 g/mol. The number of esters is 1. The van der Waals surface area contributed by atoms with E-state index in [4.69, 9.17) is 21.1 Å². The van der Waals surface area contributed by atoms with Crippen molar-refractivity contribution >= 4 is 51.7 Å². The minimum atomic E-state index is -0.453. The highest BCUT2D eigenvalue weighted by Crippen LogP contribution is 2.26. The van der Waals surface area contributed by atoms with Crippen LogP contribution in [0.5, 0.6) is 5.75 Å². The largest absolute Gasteiger partial charge is 0.484 e. The van der Waals surface area contributed by atoms with Crippen molar-refractivity contribution < 1.29 is 23.5 Å². The summed E-state index contributed by atoms with van der Waals surface area (Å²) in [5, 5.41) is 13.6. The molecule has 1 N–H and O–H groups in total. The third kappa shape index (κ3) is 6.65. The molecule has 0 aliphatic carbocycles. The van der Waals surface area contributed by atoms with Crippen molar-refractivity contribution in [3.63, 3.8) is 0 Å². The van der Waals surface area contributed by atoms with Gasteiger partial charge in [0.05, 0.1) is 29.5 Å². The van der Waals surface area contributed by atoms with E-state index in [0.717, 1.165) is 6.07 Å². The number of carbonyl (C=O) groups is 2. The quantitative estimate of drug-likeness (QED) is 0.333. The minimum Gasteiger partial charge on any atom is -0.484 e. The van der Waals surface area contributed by atoms with E-state index in [1.165, 1.54) is 35.2 Å². The van der Waals surface area contributed by atoms with Crippen LogP contribution in [0.2, 0.25) is 5.02 Å². The van der Waals surface area contributed by atoms with Gasteiger partial charge in [-0.1, -0.05) is 23.4 Å². The van der Waals surface area contributed by atoms with Gasteiger partial charge in [-0.2, -0.15) is 0 Å².